The third kappa shape index (κ3) is 5.97. The maximum atomic E-state index is 13.9. The molecule has 0 aliphatic carbocycles. The maximum Gasteiger partial charge on any atom is 0.647 e. The van der Waals surface area contributed by atoms with Crippen molar-refractivity contribution in [2.75, 3.05) is 0 Å². The lowest BCUT2D eigenvalue weighted by Crippen LogP contribution is -2.08. The molecule has 0 aromatic heterocycles. The molecule has 0 aliphatic heterocycles. The summed E-state index contributed by atoms with van der Waals surface area (Å²) in [5, 5.41) is 2.05. The molecule has 0 radical (unpaired) electrons. The fourth-order valence-electron chi connectivity index (χ4n) is 3.66. The van der Waals surface area contributed by atoms with E-state index in [1.165, 1.54) is 5.56 Å². The van der Waals surface area contributed by atoms with Gasteiger partial charge < -0.3 is 13.6 Å². The highest BCUT2D eigenvalue weighted by atomic mass is 31.2. The Morgan fingerprint density at radius 1 is 0.727 bits per heavy atom. The summed E-state index contributed by atoms with van der Waals surface area (Å²) in [5.41, 5.74) is 3.16. The Morgan fingerprint density at radius 3 is 2.15 bits per heavy atom. The van der Waals surface area contributed by atoms with E-state index >= 15 is 0 Å². The Balaban J connectivity index is 1.63. The minimum atomic E-state index is -4.04. The molecule has 0 amide bonds. The van der Waals surface area contributed by atoms with E-state index in [-0.39, 0.29) is 0 Å². The number of fused-ring (bicyclic) bond motifs is 1. The Kier molecular flexibility index (Phi) is 7.05. The Hall–Kier alpha value is -3.23. The smallest absolute Gasteiger partial charge is 0.386 e. The lowest BCUT2D eigenvalue weighted by atomic mass is 10.1. The fraction of sp³-hybridized carbons (Fsp3) is 0.214. The first kappa shape index (κ1) is 22.9. The van der Waals surface area contributed by atoms with Crippen LogP contribution in [0.25, 0.3) is 10.8 Å². The highest BCUT2D eigenvalue weighted by molar-refractivity contribution is 7.49. The quantitative estimate of drug-likeness (QED) is 0.235. The molecule has 1 atom stereocenters. The standard InChI is InChI=1S/C28H29O4P/c1-4-5-8-23-12-15-26(16-13-23)30-33(29,32-28-18-11-21(2)19-22(28)3)31-27-17-14-24-9-6-7-10-25(24)20-27/h6-7,9-20H,4-5,8H2,1-3H3. The first-order chi connectivity index (χ1) is 15.9. The minimum absolute atomic E-state index is 0.418. The fourth-order valence-corrected chi connectivity index (χ4v) is 4.97. The topological polar surface area (TPSA) is 44.8 Å². The Morgan fingerprint density at radius 2 is 1.42 bits per heavy atom. The average molecular weight is 461 g/mol. The number of aryl methyl sites for hydroxylation is 3. The highest BCUT2D eigenvalue weighted by Gasteiger charge is 2.34. The Bertz CT molecular complexity index is 1280. The monoisotopic (exact) mass is 460 g/mol. The molecule has 5 heteroatoms. The number of benzene rings is 4. The zero-order valence-corrected chi connectivity index (χ0v) is 20.2. The van der Waals surface area contributed by atoms with Gasteiger partial charge in [-0.2, -0.15) is 4.57 Å². The van der Waals surface area contributed by atoms with Crippen molar-refractivity contribution >= 4 is 18.6 Å². The van der Waals surface area contributed by atoms with Crippen LogP contribution in [0.2, 0.25) is 0 Å². The summed E-state index contributed by atoms with van der Waals surface area (Å²) in [6.07, 6.45) is 3.26. The molecule has 4 aromatic carbocycles. The predicted molar refractivity (Wildman–Crippen MR) is 134 cm³/mol. The van der Waals surface area contributed by atoms with Gasteiger partial charge in [0.2, 0.25) is 0 Å². The van der Waals surface area contributed by atoms with Gasteiger partial charge in [-0.15, -0.1) is 0 Å². The van der Waals surface area contributed by atoms with E-state index in [0.717, 1.165) is 41.2 Å². The van der Waals surface area contributed by atoms with Gasteiger partial charge in [-0.3, -0.25) is 0 Å². The van der Waals surface area contributed by atoms with Crippen LogP contribution in [-0.2, 0) is 11.0 Å². The Labute approximate surface area is 195 Å². The number of rotatable bonds is 9. The van der Waals surface area contributed by atoms with Gasteiger partial charge in [-0.05, 0) is 78.9 Å². The molecule has 4 rings (SSSR count). The van der Waals surface area contributed by atoms with E-state index in [4.69, 9.17) is 13.6 Å². The molecule has 1 unspecified atom stereocenters. The van der Waals surface area contributed by atoms with Gasteiger partial charge >= 0.3 is 7.82 Å². The summed E-state index contributed by atoms with van der Waals surface area (Å²) in [6.45, 7) is 6.08. The molecule has 4 nitrogen and oxygen atoms in total. The number of hydrogen-bond donors (Lipinski definition) is 0. The summed E-state index contributed by atoms with van der Waals surface area (Å²) in [5.74, 6) is 1.31. The van der Waals surface area contributed by atoms with Crippen LogP contribution in [0.15, 0.2) is 84.9 Å². The van der Waals surface area contributed by atoms with Gasteiger partial charge in [0.05, 0.1) is 0 Å². The molecule has 0 saturated carbocycles. The van der Waals surface area contributed by atoms with E-state index in [9.17, 15) is 4.57 Å². The zero-order chi connectivity index (χ0) is 23.3. The van der Waals surface area contributed by atoms with E-state index in [1.807, 2.05) is 86.6 Å². The van der Waals surface area contributed by atoms with Crippen LogP contribution in [-0.4, -0.2) is 0 Å². The van der Waals surface area contributed by atoms with Crippen molar-refractivity contribution in [2.24, 2.45) is 0 Å². The molecule has 0 bridgehead atoms. The van der Waals surface area contributed by atoms with Gasteiger partial charge in [-0.25, -0.2) is 0 Å². The average Bonchev–Trinajstić information content (AvgIpc) is 2.80. The second-order valence-electron chi connectivity index (χ2n) is 8.25. The van der Waals surface area contributed by atoms with Crippen molar-refractivity contribution in [3.63, 3.8) is 0 Å². The summed E-state index contributed by atoms with van der Waals surface area (Å²) < 4.78 is 31.6. The third-order valence-electron chi connectivity index (χ3n) is 5.44. The van der Waals surface area contributed by atoms with Gasteiger partial charge in [0, 0.05) is 0 Å². The van der Waals surface area contributed by atoms with Gasteiger partial charge in [0.15, 0.2) is 0 Å². The molecule has 0 aliphatic rings. The minimum Gasteiger partial charge on any atom is -0.386 e. The highest BCUT2D eigenvalue weighted by Crippen LogP contribution is 2.50. The second kappa shape index (κ2) is 10.1. The van der Waals surface area contributed by atoms with E-state index in [0.29, 0.717) is 17.2 Å². The lowest BCUT2D eigenvalue weighted by molar-refractivity contribution is 0.298. The molecule has 0 fully saturated rings. The van der Waals surface area contributed by atoms with Crippen molar-refractivity contribution in [1.82, 2.24) is 0 Å². The number of phosphoric acid groups is 1. The molecule has 170 valence electrons. The summed E-state index contributed by atoms with van der Waals surface area (Å²) >= 11 is 0. The molecule has 33 heavy (non-hydrogen) atoms. The van der Waals surface area contributed by atoms with Crippen LogP contribution in [0.1, 0.15) is 36.5 Å². The van der Waals surface area contributed by atoms with Crippen molar-refractivity contribution in [1.29, 1.82) is 0 Å². The summed E-state index contributed by atoms with van der Waals surface area (Å²) in [7, 11) is -4.04. The molecule has 4 aromatic rings. The SMILES string of the molecule is CCCCc1ccc(OP(=O)(Oc2ccc3ccccc3c2)Oc2ccc(C)cc2C)cc1. The van der Waals surface area contributed by atoms with Gasteiger partial charge in [-0.1, -0.05) is 73.5 Å². The van der Waals surface area contributed by atoms with Crippen LogP contribution < -0.4 is 13.6 Å². The van der Waals surface area contributed by atoms with Crippen molar-refractivity contribution in [3.05, 3.63) is 102 Å². The van der Waals surface area contributed by atoms with E-state index in [1.54, 1.807) is 12.1 Å². The molecule has 0 saturated heterocycles. The summed E-state index contributed by atoms with van der Waals surface area (Å²) in [4.78, 5) is 0. The van der Waals surface area contributed by atoms with Crippen molar-refractivity contribution < 1.29 is 18.1 Å². The normalized spacial score (nSPS) is 12.8. The lowest BCUT2D eigenvalue weighted by Gasteiger charge is -2.21. The van der Waals surface area contributed by atoms with Gasteiger partial charge in [0.25, 0.3) is 0 Å². The molecule has 0 spiro atoms. The summed E-state index contributed by atoms with van der Waals surface area (Å²) in [6, 6.07) is 26.7. The predicted octanol–water partition coefficient (Wildman–Crippen LogP) is 8.44. The molecular formula is C28H29O4P. The van der Waals surface area contributed by atoms with Crippen LogP contribution in [0, 0.1) is 13.8 Å². The first-order valence-electron chi connectivity index (χ1n) is 11.3. The van der Waals surface area contributed by atoms with Crippen LogP contribution in [0.5, 0.6) is 17.2 Å². The number of hydrogen-bond acceptors (Lipinski definition) is 4. The second-order valence-corrected chi connectivity index (χ2v) is 9.69. The van der Waals surface area contributed by atoms with Crippen LogP contribution >= 0.6 is 7.82 Å². The van der Waals surface area contributed by atoms with Crippen LogP contribution in [0.4, 0.5) is 0 Å². The molecular weight excluding hydrogens is 431 g/mol. The van der Waals surface area contributed by atoms with E-state index in [2.05, 4.69) is 6.92 Å². The molecule has 0 N–H and O–H groups in total. The first-order valence-corrected chi connectivity index (χ1v) is 12.7. The van der Waals surface area contributed by atoms with Gasteiger partial charge in [0.1, 0.15) is 17.2 Å². The maximum absolute atomic E-state index is 13.9. The molecule has 0 heterocycles. The number of unbranched alkanes of at least 4 members (excludes halogenated alkanes) is 1. The number of phosphoric ester groups is 1. The zero-order valence-electron chi connectivity index (χ0n) is 19.3. The van der Waals surface area contributed by atoms with Crippen molar-refractivity contribution in [3.8, 4) is 17.2 Å². The largest absolute Gasteiger partial charge is 0.647 e. The van der Waals surface area contributed by atoms with E-state index < -0.39 is 7.82 Å². The third-order valence-corrected chi connectivity index (χ3v) is 6.73. The van der Waals surface area contributed by atoms with Crippen LogP contribution in [0.3, 0.4) is 0 Å². The van der Waals surface area contributed by atoms with Crippen molar-refractivity contribution in [2.45, 2.75) is 40.0 Å².